The van der Waals surface area contributed by atoms with Gasteiger partial charge in [-0.15, -0.1) is 5.10 Å². The molecule has 0 aliphatic heterocycles. The number of ether oxygens (including phenoxy) is 1. The molecule has 0 unspecified atom stereocenters. The van der Waals surface area contributed by atoms with E-state index < -0.39 is 0 Å². The van der Waals surface area contributed by atoms with Gasteiger partial charge in [0.15, 0.2) is 0 Å². The second-order valence-electron chi connectivity index (χ2n) is 3.71. The zero-order chi connectivity index (χ0) is 12.2. The van der Waals surface area contributed by atoms with Crippen LogP contribution in [0, 0.1) is 0 Å². The molecule has 0 bridgehead atoms. The first kappa shape index (κ1) is 10.5. The van der Waals surface area contributed by atoms with Gasteiger partial charge in [0.05, 0.1) is 6.20 Å². The number of hydrogen-bond acceptors (Lipinski definition) is 4. The first-order chi connectivity index (χ1) is 8.92. The molecule has 3 aromatic rings. The third-order valence-electron chi connectivity index (χ3n) is 2.45. The molecule has 18 heavy (non-hydrogen) atoms. The van der Waals surface area contributed by atoms with Crippen molar-refractivity contribution >= 4 is 0 Å². The van der Waals surface area contributed by atoms with Crippen molar-refractivity contribution in [3.05, 3.63) is 54.7 Å². The highest BCUT2D eigenvalue weighted by atomic mass is 16.5. The number of nitrogens with one attached hydrogen (secondary N) is 1. The van der Waals surface area contributed by atoms with Gasteiger partial charge in [0, 0.05) is 11.9 Å². The Morgan fingerprint density at radius 1 is 1.22 bits per heavy atom. The summed E-state index contributed by atoms with van der Waals surface area (Å²) in [5.41, 5.74) is 1.78. The lowest BCUT2D eigenvalue weighted by Gasteiger charge is -2.00. The van der Waals surface area contributed by atoms with E-state index in [4.69, 9.17) is 4.74 Å². The van der Waals surface area contributed by atoms with Gasteiger partial charge < -0.3 is 9.30 Å². The lowest BCUT2D eigenvalue weighted by molar-refractivity contribution is 0.290. The minimum absolute atomic E-state index is 0.350. The van der Waals surface area contributed by atoms with Gasteiger partial charge in [0.2, 0.25) is 5.88 Å². The highest BCUT2D eigenvalue weighted by Crippen LogP contribution is 2.13. The minimum atomic E-state index is 0.350. The fraction of sp³-hybridized carbons (Fsp3) is 0.0833. The van der Waals surface area contributed by atoms with Gasteiger partial charge in [0.25, 0.3) is 0 Å². The zero-order valence-electron chi connectivity index (χ0n) is 9.52. The third-order valence-corrected chi connectivity index (χ3v) is 2.45. The van der Waals surface area contributed by atoms with Crippen molar-refractivity contribution in [2.75, 3.05) is 0 Å². The Morgan fingerprint density at radius 2 is 2.11 bits per heavy atom. The number of aromatic nitrogens is 5. The molecule has 0 amide bonds. The quantitative estimate of drug-likeness (QED) is 0.752. The first-order valence-corrected chi connectivity index (χ1v) is 5.49. The average molecular weight is 241 g/mol. The van der Waals surface area contributed by atoms with E-state index in [1.807, 2.05) is 41.1 Å². The Kier molecular flexibility index (Phi) is 2.75. The minimum Gasteiger partial charge on any atom is -0.470 e. The monoisotopic (exact) mass is 241 g/mol. The van der Waals surface area contributed by atoms with Crippen LogP contribution in [0.5, 0.6) is 5.88 Å². The lowest BCUT2D eigenvalue weighted by atomic mass is 10.3. The number of aromatic amines is 1. The number of benzene rings is 1. The molecule has 0 aliphatic carbocycles. The SMILES string of the molecule is c1ccc(-n2cnc(OCc3c[nH]nn3)c2)cc1. The summed E-state index contributed by atoms with van der Waals surface area (Å²) in [7, 11) is 0. The highest BCUT2D eigenvalue weighted by Gasteiger charge is 2.03. The zero-order valence-corrected chi connectivity index (χ0v) is 9.52. The van der Waals surface area contributed by atoms with Gasteiger partial charge in [0.1, 0.15) is 18.6 Å². The number of H-pyrrole nitrogens is 1. The summed E-state index contributed by atoms with van der Waals surface area (Å²) in [5.74, 6) is 0.557. The summed E-state index contributed by atoms with van der Waals surface area (Å²) in [6.07, 6.45) is 5.23. The maximum atomic E-state index is 5.50. The van der Waals surface area contributed by atoms with Crippen LogP contribution in [0.25, 0.3) is 5.69 Å². The van der Waals surface area contributed by atoms with E-state index in [0.29, 0.717) is 12.5 Å². The van der Waals surface area contributed by atoms with Gasteiger partial charge in [-0.05, 0) is 12.1 Å². The van der Waals surface area contributed by atoms with Crippen LogP contribution in [-0.2, 0) is 6.61 Å². The van der Waals surface area contributed by atoms with Crippen molar-refractivity contribution in [3.63, 3.8) is 0 Å². The molecule has 6 heteroatoms. The van der Waals surface area contributed by atoms with E-state index in [9.17, 15) is 0 Å². The normalized spacial score (nSPS) is 10.4. The molecule has 90 valence electrons. The number of rotatable bonds is 4. The summed E-state index contributed by atoms with van der Waals surface area (Å²) < 4.78 is 7.40. The van der Waals surface area contributed by atoms with Crippen molar-refractivity contribution in [2.24, 2.45) is 0 Å². The molecule has 6 nitrogen and oxygen atoms in total. The van der Waals surface area contributed by atoms with Crippen LogP contribution in [0.2, 0.25) is 0 Å². The second-order valence-corrected chi connectivity index (χ2v) is 3.71. The van der Waals surface area contributed by atoms with E-state index in [1.54, 1.807) is 12.5 Å². The van der Waals surface area contributed by atoms with E-state index in [-0.39, 0.29) is 0 Å². The van der Waals surface area contributed by atoms with E-state index in [1.165, 1.54) is 0 Å². The molecular weight excluding hydrogens is 230 g/mol. The van der Waals surface area contributed by atoms with E-state index in [2.05, 4.69) is 20.4 Å². The maximum Gasteiger partial charge on any atom is 0.232 e. The molecule has 3 rings (SSSR count). The van der Waals surface area contributed by atoms with Crippen LogP contribution in [0.3, 0.4) is 0 Å². The van der Waals surface area contributed by atoms with Gasteiger partial charge >= 0.3 is 0 Å². The molecule has 0 fully saturated rings. The molecule has 2 aromatic heterocycles. The van der Waals surface area contributed by atoms with Gasteiger partial charge in [-0.25, -0.2) is 4.98 Å². The van der Waals surface area contributed by atoms with Crippen LogP contribution < -0.4 is 4.74 Å². The summed E-state index contributed by atoms with van der Waals surface area (Å²) in [6, 6.07) is 9.94. The van der Waals surface area contributed by atoms with Crippen molar-refractivity contribution in [2.45, 2.75) is 6.61 Å². The fourth-order valence-corrected chi connectivity index (χ4v) is 1.56. The Bertz CT molecular complexity index is 602. The highest BCUT2D eigenvalue weighted by molar-refractivity contribution is 5.32. The molecule has 1 N–H and O–H groups in total. The molecule has 0 spiro atoms. The number of imidazole rings is 1. The third kappa shape index (κ3) is 2.22. The second kappa shape index (κ2) is 4.70. The summed E-state index contributed by atoms with van der Waals surface area (Å²) in [5, 5.41) is 10.1. The lowest BCUT2D eigenvalue weighted by Crippen LogP contribution is -1.95. The summed E-state index contributed by atoms with van der Waals surface area (Å²) >= 11 is 0. The largest absolute Gasteiger partial charge is 0.470 e. The molecule has 0 saturated carbocycles. The van der Waals surface area contributed by atoms with Gasteiger partial charge in [-0.2, -0.15) is 0 Å². The molecular formula is C12H11N5O. The molecule has 0 saturated heterocycles. The molecule has 0 aliphatic rings. The summed E-state index contributed by atoms with van der Waals surface area (Å²) in [4.78, 5) is 4.17. The number of para-hydroxylation sites is 1. The molecule has 2 heterocycles. The number of hydrogen-bond donors (Lipinski definition) is 1. The first-order valence-electron chi connectivity index (χ1n) is 5.49. The summed E-state index contributed by atoms with van der Waals surface area (Å²) in [6.45, 7) is 0.350. The van der Waals surface area contributed by atoms with Crippen LogP contribution in [0.15, 0.2) is 49.1 Å². The Morgan fingerprint density at radius 3 is 2.89 bits per heavy atom. The predicted molar refractivity (Wildman–Crippen MR) is 64.3 cm³/mol. The van der Waals surface area contributed by atoms with Gasteiger partial charge in [-0.1, -0.05) is 23.4 Å². The van der Waals surface area contributed by atoms with Gasteiger partial charge in [-0.3, -0.25) is 5.10 Å². The maximum absolute atomic E-state index is 5.50. The smallest absolute Gasteiger partial charge is 0.232 e. The predicted octanol–water partition coefficient (Wildman–Crippen LogP) is 1.57. The molecule has 0 atom stereocenters. The molecule has 0 radical (unpaired) electrons. The van der Waals surface area contributed by atoms with Crippen molar-refractivity contribution < 1.29 is 4.74 Å². The van der Waals surface area contributed by atoms with Crippen molar-refractivity contribution in [1.29, 1.82) is 0 Å². The molecule has 1 aromatic carbocycles. The van der Waals surface area contributed by atoms with Crippen molar-refractivity contribution in [3.8, 4) is 11.6 Å². The Balaban J connectivity index is 1.70. The Labute approximate surface area is 103 Å². The van der Waals surface area contributed by atoms with Crippen LogP contribution in [-0.4, -0.2) is 25.0 Å². The standard InChI is InChI=1S/C12H11N5O/c1-2-4-11(5-3-1)17-7-12(13-9-17)18-8-10-6-14-16-15-10/h1-7,9H,8H2,(H,14,15,16). The van der Waals surface area contributed by atoms with E-state index in [0.717, 1.165) is 11.4 Å². The average Bonchev–Trinajstić information content (AvgIpc) is 3.09. The topological polar surface area (TPSA) is 68.6 Å². The fourth-order valence-electron chi connectivity index (χ4n) is 1.56. The van der Waals surface area contributed by atoms with Crippen molar-refractivity contribution in [1.82, 2.24) is 25.0 Å². The van der Waals surface area contributed by atoms with Crippen LogP contribution in [0.4, 0.5) is 0 Å². The Hall–Kier alpha value is -2.63. The van der Waals surface area contributed by atoms with E-state index >= 15 is 0 Å². The van der Waals surface area contributed by atoms with Crippen LogP contribution >= 0.6 is 0 Å². The number of nitrogens with zero attached hydrogens (tertiary/aromatic N) is 4. The van der Waals surface area contributed by atoms with Crippen LogP contribution in [0.1, 0.15) is 5.69 Å².